The fourth-order valence-corrected chi connectivity index (χ4v) is 27.7. The van der Waals surface area contributed by atoms with Crippen LogP contribution in [0, 0.1) is 36.4 Å². The van der Waals surface area contributed by atoms with E-state index in [9.17, 15) is 0 Å². The summed E-state index contributed by atoms with van der Waals surface area (Å²) in [6, 6.07) is 86.5. The molecular weight excluding hydrogens is 2660 g/mol. The van der Waals surface area contributed by atoms with Crippen LogP contribution >= 0.6 is 54.9 Å². The van der Waals surface area contributed by atoms with Gasteiger partial charge in [0.2, 0.25) is 0 Å². The zero-order chi connectivity index (χ0) is 80.0. The van der Waals surface area contributed by atoms with E-state index < -0.39 is 43.6 Å². The molecule has 8 heterocycles. The number of thiophene rings is 1. The van der Waals surface area contributed by atoms with Gasteiger partial charge in [-0.2, -0.15) is 17.4 Å². The second-order valence-corrected chi connectivity index (χ2v) is 63.5. The van der Waals surface area contributed by atoms with Gasteiger partial charge in [-0.15, -0.1) is 125 Å². The summed E-state index contributed by atoms with van der Waals surface area (Å²) in [5, 5.41) is 16.4. The van der Waals surface area contributed by atoms with Crippen molar-refractivity contribution in [3.8, 4) is 55.6 Å². The molecule has 6 nitrogen and oxygen atoms in total. The third kappa shape index (κ3) is 22.1. The predicted molar refractivity (Wildman–Crippen MR) is 509 cm³/mol. The molecular formula is C100H106Ir6N6P6S. The minimum atomic E-state index is -1.14. The van der Waals surface area contributed by atoms with Crippen molar-refractivity contribution < 1.29 is 121 Å². The maximum absolute atomic E-state index is 4.75. The van der Waals surface area contributed by atoms with Crippen molar-refractivity contribution in [3.63, 3.8) is 0 Å². The van der Waals surface area contributed by atoms with Gasteiger partial charge in [-0.1, -0.05) is 155 Å². The van der Waals surface area contributed by atoms with Gasteiger partial charge in [-0.3, -0.25) is 0 Å². The van der Waals surface area contributed by atoms with E-state index in [1.165, 1.54) is 133 Å². The molecule has 0 bridgehead atoms. The van der Waals surface area contributed by atoms with E-state index in [-0.39, 0.29) is 126 Å². The molecule has 0 atom stereocenters. The molecule has 0 unspecified atom stereocenters. The van der Waals surface area contributed by atoms with E-state index in [0.717, 1.165) is 63.5 Å². The first-order valence-electron chi connectivity index (χ1n) is 39.1. The van der Waals surface area contributed by atoms with Crippen LogP contribution in [0.4, 0.5) is 0 Å². The number of aryl methyl sites for hydroxylation is 1. The van der Waals surface area contributed by atoms with Crippen molar-refractivity contribution in [1.82, 2.24) is 29.9 Å². The quantitative estimate of drug-likeness (QED) is 0.0899. The number of pyridine rings is 6. The van der Waals surface area contributed by atoms with Crippen LogP contribution in [0.25, 0.3) is 98.8 Å². The molecule has 0 saturated heterocycles. The summed E-state index contributed by atoms with van der Waals surface area (Å²) in [4.78, 5) is 28.5. The van der Waals surface area contributed by atoms with Gasteiger partial charge in [0, 0.05) is 241 Å². The van der Waals surface area contributed by atoms with Gasteiger partial charge in [0.15, 0.2) is 0 Å². The summed E-state index contributed by atoms with van der Waals surface area (Å²) < 4.78 is 1.46. The average Bonchev–Trinajstić information content (AvgIpc) is 0.922. The summed E-state index contributed by atoms with van der Waals surface area (Å²) in [6.07, 6.45) is 18.4. The summed E-state index contributed by atoms with van der Waals surface area (Å²) in [6.45, 7) is 45.1. The van der Waals surface area contributed by atoms with Gasteiger partial charge in [0.25, 0.3) is 0 Å². The fraction of sp³-hybridized carbons (Fsp3) is 0.260. The molecule has 0 spiro atoms. The van der Waals surface area contributed by atoms with E-state index in [1.54, 1.807) is 10.6 Å². The molecule has 3 aliphatic carbocycles. The molecule has 0 saturated carbocycles. The average molecular weight is 2760 g/mol. The van der Waals surface area contributed by atoms with Crippen LogP contribution < -0.4 is 31.1 Å². The maximum Gasteiger partial charge on any atom is 0.0616 e. The summed E-state index contributed by atoms with van der Waals surface area (Å²) in [7, 11) is -6.07. The smallest absolute Gasteiger partial charge is 0.0616 e. The van der Waals surface area contributed by atoms with Crippen molar-refractivity contribution in [2.24, 2.45) is 0 Å². The number of benzene rings is 8. The van der Waals surface area contributed by atoms with Gasteiger partial charge in [0.05, 0.1) is 104 Å². The number of hydrogen-bond donors (Lipinski definition) is 0. The van der Waals surface area contributed by atoms with Crippen LogP contribution in [0.1, 0.15) is 59.2 Å². The second kappa shape index (κ2) is 41.5. The summed E-state index contributed by atoms with van der Waals surface area (Å²) >= 11 is 1.82. The fourth-order valence-electron chi connectivity index (χ4n) is 16.5. The summed E-state index contributed by atoms with van der Waals surface area (Å²) in [5.41, 5.74) is 21.4. The zero-order valence-electron chi connectivity index (χ0n) is 71.4. The molecule has 1 aliphatic heterocycles. The Bertz CT molecular complexity index is 5990. The molecule has 0 fully saturated rings. The molecule has 19 heteroatoms. The molecule has 6 radical (unpaired) electrons. The minimum absolute atomic E-state index is 0. The van der Waals surface area contributed by atoms with Crippen molar-refractivity contribution >= 4 is 129 Å². The first-order valence-corrected chi connectivity index (χ1v) is 58.4. The number of nitrogens with zero attached hydrogens (tertiary/aromatic N) is 6. The van der Waals surface area contributed by atoms with E-state index in [0.29, 0.717) is 0 Å². The normalized spacial score (nSPS) is 13.4. The Morgan fingerprint density at radius 2 is 0.891 bits per heavy atom. The Morgan fingerprint density at radius 3 is 1.51 bits per heavy atom. The van der Waals surface area contributed by atoms with Crippen molar-refractivity contribution in [1.29, 1.82) is 0 Å². The van der Waals surface area contributed by atoms with Crippen LogP contribution in [-0.4, -0.2) is 149 Å². The largest absolute Gasteiger partial charge is 0.319 e. The van der Waals surface area contributed by atoms with Gasteiger partial charge in [-0.25, -0.2) is 0 Å². The first-order chi connectivity index (χ1) is 53.8. The Labute approximate surface area is 798 Å². The summed E-state index contributed by atoms with van der Waals surface area (Å²) in [5.74, 6) is 0. The van der Waals surface area contributed by atoms with Gasteiger partial charge in [-0.05, 0) is 135 Å². The Morgan fingerprint density at radius 1 is 0.378 bits per heavy atom. The topological polar surface area (TPSA) is 77.3 Å². The third-order valence-electron chi connectivity index (χ3n) is 22.0. The predicted octanol–water partition coefficient (Wildman–Crippen LogP) is 22.4. The molecule has 0 amide bonds. The minimum Gasteiger partial charge on any atom is -0.319 e. The monoisotopic (exact) mass is 2770 g/mol. The van der Waals surface area contributed by atoms with Crippen LogP contribution in [0.5, 0.6) is 0 Å². The Hall–Kier alpha value is -4.12. The molecule has 626 valence electrons. The Balaban J connectivity index is 0.000000177. The Kier molecular flexibility index (Phi) is 35.0. The van der Waals surface area contributed by atoms with Crippen LogP contribution in [0.15, 0.2) is 225 Å². The number of hydrogen-bond acceptors (Lipinski definition) is 7. The van der Waals surface area contributed by atoms with Gasteiger partial charge < -0.3 is 29.9 Å². The molecule has 15 aromatic rings. The second-order valence-electron chi connectivity index (χ2n) is 35.3. The van der Waals surface area contributed by atoms with E-state index in [1.807, 2.05) is 91.0 Å². The first kappa shape index (κ1) is 100. The SMILES string of the molecule is CC1(C)c2c([c-]ccc2[P+](C)(C)C)-c2nccc3cccc1c23.C[P+](C)(C)c1c[c-]c(-c2ccccn2)s1.C[P+](C)(C)c1cc[c-]c2c1CCc1cccnc1-2.C[P+](C)(C)c1cc[c-]c2c1Cc1cccc3ccnc-2c13.C[P+](C)(C)c1cc[c-]c2c1ccc1cccnc12.C[P+]1(C)CCCc2c(-c3ccccn3)[c-]ccc21.[Ir].[Ir].[Ir].[Ir].[Ir].[Ir]. The molecule has 4 aliphatic rings. The van der Waals surface area contributed by atoms with E-state index in [4.69, 9.17) is 4.98 Å². The number of fused-ring (bicyclic) bond motifs is 11. The molecule has 8 aromatic carbocycles. The van der Waals surface area contributed by atoms with Gasteiger partial charge >= 0.3 is 0 Å². The molecule has 119 heavy (non-hydrogen) atoms. The maximum atomic E-state index is 4.75. The van der Waals surface area contributed by atoms with Crippen LogP contribution in [-0.2, 0) is 152 Å². The number of aromatic nitrogens is 6. The number of rotatable bonds is 7. The van der Waals surface area contributed by atoms with Crippen molar-refractivity contribution in [3.05, 3.63) is 301 Å². The van der Waals surface area contributed by atoms with Crippen LogP contribution in [0.2, 0.25) is 0 Å². The van der Waals surface area contributed by atoms with Gasteiger partial charge in [0.1, 0.15) is 0 Å². The standard InChI is InChI=1S/C21H22NP.C19H18NP.C16H18NP.C16H16NP.C16H18NP.C12H14NPS.6Ir/c1-21(2)16-10-6-8-14-12-13-22-20(18(14)16)15-9-7-11-17(19(15)21)23(3,4)5;1-21(2,3)17-9-5-8-15-16(17)12-14-7-4-6-13-10-11-20-19(15)18(13)14;2*1-18(2,3)15-8-4-7-14-13(15)10-9-12-6-5-11-17-16(12)14;1-18(2)12-6-8-14-13(7-5-10-16(14)18)15-9-3-4-11-17-15;1-14(2,3)12-8-7-11(15-12)10-6-4-5-9-13-10;;;;;;/h6-8,10-13H,1-5H3;4-7,9-11H,12H2,1-3H3;4-6,8,11H,9-10H2,1-3H3;4-6,8-11H,1-3H3;3-5,9-11H,6,8,12H2,1-2H3;4-6,8-9H,1-3H3;;;;;;. The molecule has 0 N–H and O–H groups in total. The molecule has 7 aromatic heterocycles. The van der Waals surface area contributed by atoms with E-state index >= 15 is 0 Å². The third-order valence-corrected chi connectivity index (χ3v) is 36.8. The van der Waals surface area contributed by atoms with Crippen molar-refractivity contribution in [2.75, 3.05) is 119 Å². The van der Waals surface area contributed by atoms with Crippen molar-refractivity contribution in [2.45, 2.75) is 51.4 Å². The molecule has 19 rings (SSSR count). The zero-order valence-corrected chi connectivity index (χ0v) is 91.9. The van der Waals surface area contributed by atoms with Crippen LogP contribution in [0.3, 0.4) is 0 Å². The van der Waals surface area contributed by atoms with E-state index in [2.05, 4.69) is 334 Å².